The highest BCUT2D eigenvalue weighted by molar-refractivity contribution is 5.94. The third-order valence-electron chi connectivity index (χ3n) is 5.29. The molecule has 2 aliphatic rings. The summed E-state index contributed by atoms with van der Waals surface area (Å²) < 4.78 is 1.93. The fraction of sp³-hybridized carbons (Fsp3) is 0.778. The third-order valence-corrected chi connectivity index (χ3v) is 5.29. The van der Waals surface area contributed by atoms with Crippen LogP contribution in [0.3, 0.4) is 0 Å². The maximum absolute atomic E-state index is 12.9. The van der Waals surface area contributed by atoms with Crippen LogP contribution in [-0.4, -0.2) is 71.8 Å². The van der Waals surface area contributed by atoms with E-state index in [2.05, 4.69) is 29.4 Å². The fourth-order valence-corrected chi connectivity index (χ4v) is 3.87. The number of fused-ring (bicyclic) bond motifs is 1. The van der Waals surface area contributed by atoms with Crippen LogP contribution in [0.2, 0.25) is 0 Å². The monoisotopic (exact) mass is 333 g/mol. The molecule has 1 aliphatic carbocycles. The number of piperidine rings is 1. The van der Waals surface area contributed by atoms with Crippen molar-refractivity contribution in [2.45, 2.75) is 44.6 Å². The van der Waals surface area contributed by atoms with Gasteiger partial charge in [0.25, 0.3) is 5.91 Å². The average Bonchev–Trinajstić information content (AvgIpc) is 2.91. The van der Waals surface area contributed by atoms with Crippen LogP contribution >= 0.6 is 0 Å². The van der Waals surface area contributed by atoms with Gasteiger partial charge in [0.15, 0.2) is 5.69 Å². The molecular weight excluding hydrogens is 302 g/mol. The number of likely N-dealkylation sites (tertiary alicyclic amines) is 1. The van der Waals surface area contributed by atoms with Crippen molar-refractivity contribution in [2.24, 2.45) is 7.05 Å². The van der Waals surface area contributed by atoms with Gasteiger partial charge in [0.05, 0.1) is 0 Å². The second-order valence-electron chi connectivity index (χ2n) is 7.45. The van der Waals surface area contributed by atoms with E-state index in [9.17, 15) is 4.79 Å². The molecule has 134 valence electrons. The molecule has 0 bridgehead atoms. The van der Waals surface area contributed by atoms with E-state index in [0.717, 1.165) is 58.3 Å². The number of nitrogens with zero attached hydrogens (tertiary/aromatic N) is 4. The van der Waals surface area contributed by atoms with E-state index in [1.54, 1.807) is 0 Å². The van der Waals surface area contributed by atoms with Crippen LogP contribution in [0.15, 0.2) is 0 Å². The average molecular weight is 333 g/mol. The van der Waals surface area contributed by atoms with E-state index in [-0.39, 0.29) is 5.91 Å². The molecule has 1 unspecified atom stereocenters. The van der Waals surface area contributed by atoms with Gasteiger partial charge in [-0.3, -0.25) is 9.48 Å². The highest BCUT2D eigenvalue weighted by Gasteiger charge is 2.30. The third kappa shape index (κ3) is 3.81. The molecule has 6 heteroatoms. The topological polar surface area (TPSA) is 53.4 Å². The predicted octanol–water partition coefficient (Wildman–Crippen LogP) is 1.05. The molecule has 1 fully saturated rings. The zero-order valence-electron chi connectivity index (χ0n) is 15.3. The minimum absolute atomic E-state index is 0.139. The summed E-state index contributed by atoms with van der Waals surface area (Å²) in [6.45, 7) is 3.79. The number of rotatable bonds is 5. The van der Waals surface area contributed by atoms with Crippen LogP contribution in [0.25, 0.3) is 0 Å². The summed E-state index contributed by atoms with van der Waals surface area (Å²) in [5.74, 6) is 0.139. The van der Waals surface area contributed by atoms with Gasteiger partial charge in [-0.05, 0) is 52.6 Å². The molecule has 3 rings (SSSR count). The molecule has 2 heterocycles. The summed E-state index contributed by atoms with van der Waals surface area (Å²) in [7, 11) is 6.17. The second kappa shape index (κ2) is 7.66. The quantitative estimate of drug-likeness (QED) is 0.875. The summed E-state index contributed by atoms with van der Waals surface area (Å²) >= 11 is 0. The zero-order valence-corrected chi connectivity index (χ0v) is 15.3. The van der Waals surface area contributed by atoms with Gasteiger partial charge in [0.2, 0.25) is 0 Å². The molecule has 1 atom stereocenters. The van der Waals surface area contributed by atoms with E-state index >= 15 is 0 Å². The lowest BCUT2D eigenvalue weighted by molar-refractivity contribution is 0.0716. The number of amides is 1. The number of aryl methyl sites for hydroxylation is 1. The Bertz CT molecular complexity index is 574. The van der Waals surface area contributed by atoms with Crippen LogP contribution in [0.5, 0.6) is 0 Å². The number of aromatic nitrogens is 2. The van der Waals surface area contributed by atoms with Crippen LogP contribution in [0, 0.1) is 0 Å². The number of likely N-dealkylation sites (N-methyl/N-ethyl adjacent to an activating group) is 1. The van der Waals surface area contributed by atoms with Gasteiger partial charge in [-0.2, -0.15) is 5.10 Å². The normalized spacial score (nSPS) is 21.2. The summed E-state index contributed by atoms with van der Waals surface area (Å²) in [4.78, 5) is 17.1. The van der Waals surface area contributed by atoms with Crippen molar-refractivity contribution in [3.8, 4) is 0 Å². The Balaban J connectivity index is 1.70. The van der Waals surface area contributed by atoms with Crippen LogP contribution in [0.4, 0.5) is 0 Å². The van der Waals surface area contributed by atoms with E-state index < -0.39 is 0 Å². The molecule has 0 aromatic carbocycles. The van der Waals surface area contributed by atoms with Crippen LogP contribution in [-0.2, 0) is 19.9 Å². The number of nitrogens with one attached hydrogen (secondary N) is 1. The smallest absolute Gasteiger partial charge is 0.274 e. The van der Waals surface area contributed by atoms with Crippen LogP contribution in [0.1, 0.15) is 47.4 Å². The zero-order chi connectivity index (χ0) is 17.1. The largest absolute Gasteiger partial charge is 0.337 e. The van der Waals surface area contributed by atoms with Crippen molar-refractivity contribution in [3.05, 3.63) is 17.0 Å². The minimum Gasteiger partial charge on any atom is -0.337 e. The van der Waals surface area contributed by atoms with Gasteiger partial charge in [-0.1, -0.05) is 0 Å². The van der Waals surface area contributed by atoms with Crippen molar-refractivity contribution in [1.29, 1.82) is 0 Å². The molecule has 24 heavy (non-hydrogen) atoms. The Morgan fingerprint density at radius 2 is 2.04 bits per heavy atom. The molecule has 1 saturated heterocycles. The Hall–Kier alpha value is -1.40. The maximum atomic E-state index is 12.9. The highest BCUT2D eigenvalue weighted by Crippen LogP contribution is 2.26. The molecular formula is C18H31N5O. The Morgan fingerprint density at radius 3 is 2.75 bits per heavy atom. The van der Waals surface area contributed by atoms with Gasteiger partial charge in [-0.25, -0.2) is 0 Å². The van der Waals surface area contributed by atoms with E-state index in [0.29, 0.717) is 11.7 Å². The van der Waals surface area contributed by atoms with Crippen molar-refractivity contribution < 1.29 is 4.79 Å². The Labute approximate surface area is 145 Å². The number of hydrogen-bond donors (Lipinski definition) is 1. The predicted molar refractivity (Wildman–Crippen MR) is 95.3 cm³/mol. The molecule has 0 spiro atoms. The lowest BCUT2D eigenvalue weighted by Crippen LogP contribution is -2.40. The Morgan fingerprint density at radius 1 is 1.29 bits per heavy atom. The first kappa shape index (κ1) is 17.4. The first-order valence-electron chi connectivity index (χ1n) is 9.28. The number of hydrogen-bond acceptors (Lipinski definition) is 4. The molecule has 1 aliphatic heterocycles. The van der Waals surface area contributed by atoms with E-state index in [4.69, 9.17) is 0 Å². The first-order valence-corrected chi connectivity index (χ1v) is 9.28. The first-order chi connectivity index (χ1) is 11.6. The summed E-state index contributed by atoms with van der Waals surface area (Å²) in [6.07, 6.45) is 6.53. The van der Waals surface area contributed by atoms with Crippen molar-refractivity contribution >= 4 is 5.91 Å². The van der Waals surface area contributed by atoms with E-state index in [1.165, 1.54) is 17.7 Å². The SMILES string of the molecule is CN(C)CCNC1CCc2c(c(C(=O)N3CCCCC3)nn2C)C1. The van der Waals surface area contributed by atoms with Crippen LogP contribution < -0.4 is 5.32 Å². The van der Waals surface area contributed by atoms with Crippen molar-refractivity contribution in [1.82, 2.24) is 24.9 Å². The van der Waals surface area contributed by atoms with Crippen molar-refractivity contribution in [2.75, 3.05) is 40.3 Å². The molecule has 6 nitrogen and oxygen atoms in total. The molecule has 1 aromatic rings. The highest BCUT2D eigenvalue weighted by atomic mass is 16.2. The molecule has 0 saturated carbocycles. The second-order valence-corrected chi connectivity index (χ2v) is 7.45. The standard InChI is InChI=1S/C18H31N5O/c1-21(2)12-9-19-14-7-8-16-15(13-14)17(20-22(16)3)18(24)23-10-5-4-6-11-23/h14,19H,4-13H2,1-3H3. The summed E-state index contributed by atoms with van der Waals surface area (Å²) in [5, 5.41) is 8.24. The van der Waals surface area contributed by atoms with Gasteiger partial charge in [-0.15, -0.1) is 0 Å². The lowest BCUT2D eigenvalue weighted by atomic mass is 9.91. The molecule has 1 amide bonds. The summed E-state index contributed by atoms with van der Waals surface area (Å²) in [6, 6.07) is 0.453. The number of carbonyl (C=O) groups is 1. The maximum Gasteiger partial charge on any atom is 0.274 e. The molecule has 1 N–H and O–H groups in total. The van der Waals surface area contributed by atoms with Gasteiger partial charge >= 0.3 is 0 Å². The van der Waals surface area contributed by atoms with Gasteiger partial charge in [0, 0.05) is 50.5 Å². The fourth-order valence-electron chi connectivity index (χ4n) is 3.87. The van der Waals surface area contributed by atoms with Crippen molar-refractivity contribution in [3.63, 3.8) is 0 Å². The van der Waals surface area contributed by atoms with E-state index in [1.807, 2.05) is 16.6 Å². The molecule has 1 aromatic heterocycles. The number of carbonyl (C=O) groups excluding carboxylic acids is 1. The molecule has 0 radical (unpaired) electrons. The lowest BCUT2D eigenvalue weighted by Gasteiger charge is -2.28. The summed E-state index contributed by atoms with van der Waals surface area (Å²) in [5.41, 5.74) is 3.14. The Kier molecular flexibility index (Phi) is 5.56. The minimum atomic E-state index is 0.139. The van der Waals surface area contributed by atoms with Gasteiger partial charge in [0.1, 0.15) is 0 Å². The van der Waals surface area contributed by atoms with Gasteiger partial charge < -0.3 is 15.1 Å².